The van der Waals surface area contributed by atoms with Crippen molar-refractivity contribution in [2.75, 3.05) is 6.54 Å². The average Bonchev–Trinajstić information content (AvgIpc) is 3.11. The lowest BCUT2D eigenvalue weighted by atomic mass is 9.94. The van der Waals surface area contributed by atoms with Gasteiger partial charge in [-0.3, -0.25) is 19.1 Å². The molecule has 2 aromatic rings. The second kappa shape index (κ2) is 11.0. The largest absolute Gasteiger partial charge is 0.340 e. The number of fused-ring (bicyclic) bond motifs is 1. The van der Waals surface area contributed by atoms with Crippen molar-refractivity contribution in [3.05, 3.63) is 26.7 Å². The van der Waals surface area contributed by atoms with Crippen molar-refractivity contribution in [1.29, 1.82) is 0 Å². The highest BCUT2D eigenvalue weighted by Gasteiger charge is 2.25. The third kappa shape index (κ3) is 5.33. The van der Waals surface area contributed by atoms with Crippen LogP contribution in [0.3, 0.4) is 0 Å². The molecular weight excluding hydrogens is 406 g/mol. The SMILES string of the molecule is CCCCn1c(=O)[nH]c(=O)c2c1nc(CCC(=O)N(CC)C1CCCCC1)n2CC(C)C. The van der Waals surface area contributed by atoms with Crippen LogP contribution in [0.15, 0.2) is 9.59 Å². The Morgan fingerprint density at radius 2 is 1.88 bits per heavy atom. The number of nitrogens with zero attached hydrogens (tertiary/aromatic N) is 4. The zero-order chi connectivity index (χ0) is 23.3. The van der Waals surface area contributed by atoms with Crippen molar-refractivity contribution in [1.82, 2.24) is 24.0 Å². The van der Waals surface area contributed by atoms with Gasteiger partial charge in [0.1, 0.15) is 5.82 Å². The summed E-state index contributed by atoms with van der Waals surface area (Å²) in [5.74, 6) is 1.16. The molecule has 1 amide bonds. The third-order valence-electron chi connectivity index (χ3n) is 6.49. The van der Waals surface area contributed by atoms with Crippen LogP contribution in [0.1, 0.15) is 84.9 Å². The number of nitrogens with one attached hydrogen (secondary N) is 1. The lowest BCUT2D eigenvalue weighted by Gasteiger charge is -2.33. The summed E-state index contributed by atoms with van der Waals surface area (Å²) in [6.45, 7) is 10.1. The third-order valence-corrected chi connectivity index (χ3v) is 6.49. The van der Waals surface area contributed by atoms with Crippen molar-refractivity contribution in [2.24, 2.45) is 5.92 Å². The molecule has 0 aromatic carbocycles. The molecule has 0 atom stereocenters. The van der Waals surface area contributed by atoms with Gasteiger partial charge in [-0.25, -0.2) is 9.78 Å². The highest BCUT2D eigenvalue weighted by atomic mass is 16.2. The number of carbonyl (C=O) groups excluding carboxylic acids is 1. The van der Waals surface area contributed by atoms with Gasteiger partial charge in [0.2, 0.25) is 5.91 Å². The summed E-state index contributed by atoms with van der Waals surface area (Å²) in [5, 5.41) is 0. The van der Waals surface area contributed by atoms with Crippen LogP contribution in [0.2, 0.25) is 0 Å². The first-order chi connectivity index (χ1) is 15.4. The van der Waals surface area contributed by atoms with Crippen molar-refractivity contribution >= 4 is 17.1 Å². The zero-order valence-electron chi connectivity index (χ0n) is 20.2. The van der Waals surface area contributed by atoms with Gasteiger partial charge in [-0.15, -0.1) is 0 Å². The van der Waals surface area contributed by atoms with Gasteiger partial charge < -0.3 is 9.47 Å². The Bertz CT molecular complexity index is 1030. The first kappa shape index (κ1) is 24.3. The molecule has 1 aliphatic carbocycles. The van der Waals surface area contributed by atoms with E-state index in [1.807, 2.05) is 16.4 Å². The van der Waals surface area contributed by atoms with E-state index in [0.29, 0.717) is 54.9 Å². The number of amides is 1. The Kier molecular flexibility index (Phi) is 8.32. The Hall–Kier alpha value is -2.38. The summed E-state index contributed by atoms with van der Waals surface area (Å²) >= 11 is 0. The lowest BCUT2D eigenvalue weighted by Crippen LogP contribution is -2.41. The number of rotatable bonds is 10. The fourth-order valence-electron chi connectivity index (χ4n) is 4.89. The number of aromatic nitrogens is 4. The Balaban J connectivity index is 1.92. The molecule has 8 nitrogen and oxygen atoms in total. The summed E-state index contributed by atoms with van der Waals surface area (Å²) in [7, 11) is 0. The number of hydrogen-bond donors (Lipinski definition) is 1. The number of H-pyrrole nitrogens is 1. The van der Waals surface area contributed by atoms with Gasteiger partial charge in [0, 0.05) is 38.5 Å². The van der Waals surface area contributed by atoms with Crippen LogP contribution in [0, 0.1) is 5.92 Å². The van der Waals surface area contributed by atoms with Crippen LogP contribution >= 0.6 is 0 Å². The van der Waals surface area contributed by atoms with E-state index in [2.05, 4.69) is 25.8 Å². The molecule has 1 N–H and O–H groups in total. The quantitative estimate of drug-likeness (QED) is 0.606. The van der Waals surface area contributed by atoms with Crippen molar-refractivity contribution in [3.8, 4) is 0 Å². The zero-order valence-corrected chi connectivity index (χ0v) is 20.2. The standard InChI is InChI=1S/C24H39N5O3/c1-5-7-15-28-22-21(23(31)26-24(28)32)29(16-17(3)4)19(25-22)13-14-20(30)27(6-2)18-11-9-8-10-12-18/h17-18H,5-16H2,1-4H3,(H,26,31,32). The molecule has 0 spiro atoms. The fraction of sp³-hybridized carbons (Fsp3) is 0.750. The molecule has 8 heteroatoms. The van der Waals surface area contributed by atoms with Gasteiger partial charge in [-0.05, 0) is 32.1 Å². The second-order valence-electron chi connectivity index (χ2n) is 9.44. The molecular formula is C24H39N5O3. The van der Waals surface area contributed by atoms with Gasteiger partial charge in [-0.2, -0.15) is 0 Å². The van der Waals surface area contributed by atoms with E-state index in [1.54, 1.807) is 4.57 Å². The molecule has 0 saturated heterocycles. The van der Waals surface area contributed by atoms with E-state index >= 15 is 0 Å². The number of hydrogen-bond acceptors (Lipinski definition) is 4. The molecule has 1 fully saturated rings. The van der Waals surface area contributed by atoms with Gasteiger partial charge in [0.25, 0.3) is 5.56 Å². The summed E-state index contributed by atoms with van der Waals surface area (Å²) in [5.41, 5.74) is 0.0644. The maximum atomic E-state index is 13.1. The molecule has 32 heavy (non-hydrogen) atoms. The number of imidazole rings is 1. The molecule has 2 heterocycles. The van der Waals surface area contributed by atoms with E-state index < -0.39 is 11.2 Å². The van der Waals surface area contributed by atoms with Crippen molar-refractivity contribution in [3.63, 3.8) is 0 Å². The molecule has 0 radical (unpaired) electrons. The van der Waals surface area contributed by atoms with Crippen molar-refractivity contribution < 1.29 is 4.79 Å². The highest BCUT2D eigenvalue weighted by Crippen LogP contribution is 2.23. The minimum absolute atomic E-state index is 0.153. The van der Waals surface area contributed by atoms with Crippen LogP contribution in [0.25, 0.3) is 11.2 Å². The van der Waals surface area contributed by atoms with Crippen LogP contribution in [0.4, 0.5) is 0 Å². The van der Waals surface area contributed by atoms with E-state index in [9.17, 15) is 14.4 Å². The smallest absolute Gasteiger partial charge is 0.330 e. The number of aromatic amines is 1. The Morgan fingerprint density at radius 3 is 2.50 bits per heavy atom. The maximum absolute atomic E-state index is 13.1. The van der Waals surface area contributed by atoms with Crippen LogP contribution < -0.4 is 11.2 Å². The van der Waals surface area contributed by atoms with Crippen molar-refractivity contribution in [2.45, 2.75) is 105 Å². The van der Waals surface area contributed by atoms with Gasteiger partial charge in [-0.1, -0.05) is 46.5 Å². The monoisotopic (exact) mass is 445 g/mol. The van der Waals surface area contributed by atoms with Gasteiger partial charge in [0.05, 0.1) is 0 Å². The highest BCUT2D eigenvalue weighted by molar-refractivity contribution is 5.77. The topological polar surface area (TPSA) is 93.0 Å². The predicted molar refractivity (Wildman–Crippen MR) is 127 cm³/mol. The maximum Gasteiger partial charge on any atom is 0.330 e. The molecule has 1 saturated carbocycles. The molecule has 178 valence electrons. The Morgan fingerprint density at radius 1 is 1.16 bits per heavy atom. The van der Waals surface area contributed by atoms with E-state index in [4.69, 9.17) is 4.98 Å². The van der Waals surface area contributed by atoms with E-state index in [-0.39, 0.29) is 5.91 Å². The first-order valence-corrected chi connectivity index (χ1v) is 12.4. The van der Waals surface area contributed by atoms with Gasteiger partial charge >= 0.3 is 5.69 Å². The number of aryl methyl sites for hydroxylation is 2. The van der Waals surface area contributed by atoms with Crippen LogP contribution in [0.5, 0.6) is 0 Å². The minimum Gasteiger partial charge on any atom is -0.340 e. The summed E-state index contributed by atoms with van der Waals surface area (Å²) in [6.07, 6.45) is 8.42. The predicted octanol–water partition coefficient (Wildman–Crippen LogP) is 3.46. The molecule has 0 aliphatic heterocycles. The second-order valence-corrected chi connectivity index (χ2v) is 9.44. The Labute approximate surface area is 190 Å². The van der Waals surface area contributed by atoms with Gasteiger partial charge in [0.15, 0.2) is 11.2 Å². The lowest BCUT2D eigenvalue weighted by molar-refractivity contribution is -0.133. The number of unbranched alkanes of at least 4 members (excludes halogenated alkanes) is 1. The molecule has 0 bridgehead atoms. The molecule has 3 rings (SSSR count). The first-order valence-electron chi connectivity index (χ1n) is 12.4. The summed E-state index contributed by atoms with van der Waals surface area (Å²) in [6, 6.07) is 0.345. The molecule has 2 aromatic heterocycles. The van der Waals surface area contributed by atoms with Crippen LogP contribution in [-0.2, 0) is 24.3 Å². The molecule has 0 unspecified atom stereocenters. The summed E-state index contributed by atoms with van der Waals surface area (Å²) in [4.78, 5) is 47.5. The average molecular weight is 446 g/mol. The number of carbonyl (C=O) groups is 1. The fourth-order valence-corrected chi connectivity index (χ4v) is 4.89. The normalized spacial score (nSPS) is 15.0. The van der Waals surface area contributed by atoms with E-state index in [0.717, 1.165) is 32.2 Å². The molecule has 1 aliphatic rings. The van der Waals surface area contributed by atoms with Crippen LogP contribution in [-0.4, -0.2) is 42.5 Å². The summed E-state index contributed by atoms with van der Waals surface area (Å²) < 4.78 is 3.49. The minimum atomic E-state index is -0.415. The van der Waals surface area contributed by atoms with E-state index in [1.165, 1.54) is 19.3 Å².